The van der Waals surface area contributed by atoms with E-state index in [-0.39, 0.29) is 35.1 Å². The van der Waals surface area contributed by atoms with Crippen molar-refractivity contribution >= 4 is 18.0 Å². The standard InChI is InChI=1S/C25H18N2O4/c28-14-10-9-13(19(29)11-14)12-26-27-24(30)22-20-15-5-1-2-6-16(15)21(23(22)25(27)31)18-8-4-3-7-17(18)20/h1-12,20-23,28-29H/b26-12-/t20?,21?,22-,23-/m1/s1. The molecule has 3 aromatic carbocycles. The first-order chi connectivity index (χ1) is 15.1. The largest absolute Gasteiger partial charge is 0.508 e. The van der Waals surface area contributed by atoms with Crippen molar-refractivity contribution in [1.29, 1.82) is 0 Å². The van der Waals surface area contributed by atoms with E-state index in [2.05, 4.69) is 29.4 Å². The third-order valence-electron chi connectivity index (χ3n) is 6.75. The zero-order valence-electron chi connectivity index (χ0n) is 16.3. The van der Waals surface area contributed by atoms with E-state index in [9.17, 15) is 19.8 Å². The fraction of sp³-hybridized carbons (Fsp3) is 0.160. The number of carbonyl (C=O) groups excluding carboxylic acids is 2. The lowest BCUT2D eigenvalue weighted by atomic mass is 9.55. The first-order valence-electron chi connectivity index (χ1n) is 10.2. The van der Waals surface area contributed by atoms with Gasteiger partial charge in [0, 0.05) is 23.5 Å². The normalized spacial score (nSPS) is 25.6. The van der Waals surface area contributed by atoms with Crippen LogP contribution in [0.2, 0.25) is 0 Å². The number of hydrazone groups is 1. The Bertz CT molecular complexity index is 1180. The van der Waals surface area contributed by atoms with Crippen LogP contribution in [0.1, 0.15) is 39.7 Å². The van der Waals surface area contributed by atoms with Crippen LogP contribution in [-0.2, 0) is 9.59 Å². The summed E-state index contributed by atoms with van der Waals surface area (Å²) >= 11 is 0. The molecule has 0 saturated carbocycles. The summed E-state index contributed by atoms with van der Waals surface area (Å²) in [5, 5.41) is 24.6. The third kappa shape index (κ3) is 2.36. The molecule has 1 fully saturated rings. The van der Waals surface area contributed by atoms with Gasteiger partial charge in [0.15, 0.2) is 0 Å². The Morgan fingerprint density at radius 1 is 0.742 bits per heavy atom. The highest BCUT2D eigenvalue weighted by molar-refractivity contribution is 6.08. The summed E-state index contributed by atoms with van der Waals surface area (Å²) in [7, 11) is 0. The van der Waals surface area contributed by atoms with Crippen LogP contribution in [0.3, 0.4) is 0 Å². The molecule has 3 aromatic rings. The molecule has 6 nitrogen and oxygen atoms in total. The van der Waals surface area contributed by atoms with Gasteiger partial charge in [-0.15, -0.1) is 0 Å². The van der Waals surface area contributed by atoms with E-state index >= 15 is 0 Å². The highest BCUT2D eigenvalue weighted by Crippen LogP contribution is 2.60. The van der Waals surface area contributed by atoms with Crippen LogP contribution in [0.25, 0.3) is 0 Å². The summed E-state index contributed by atoms with van der Waals surface area (Å²) in [6.45, 7) is 0. The first kappa shape index (κ1) is 17.9. The Morgan fingerprint density at radius 2 is 1.23 bits per heavy atom. The predicted molar refractivity (Wildman–Crippen MR) is 113 cm³/mol. The van der Waals surface area contributed by atoms with E-state index in [1.807, 2.05) is 24.3 Å². The fourth-order valence-corrected chi connectivity index (χ4v) is 5.54. The Labute approximate surface area is 178 Å². The SMILES string of the molecule is O=C1[C@@H]2C3c4ccccc4C(c4ccccc43)[C@H]2C(=O)N1/N=C\c1ccc(O)cc1O. The average Bonchev–Trinajstić information content (AvgIpc) is 3.04. The number of amides is 2. The van der Waals surface area contributed by atoms with E-state index in [1.165, 1.54) is 24.4 Å². The summed E-state index contributed by atoms with van der Waals surface area (Å²) < 4.78 is 0. The summed E-state index contributed by atoms with van der Waals surface area (Å²) in [6, 6.07) is 20.2. The van der Waals surface area contributed by atoms with Gasteiger partial charge in [0.1, 0.15) is 11.5 Å². The van der Waals surface area contributed by atoms with Gasteiger partial charge in [0.05, 0.1) is 18.1 Å². The molecule has 1 aliphatic heterocycles. The molecule has 7 rings (SSSR count). The van der Waals surface area contributed by atoms with Gasteiger partial charge in [-0.2, -0.15) is 10.1 Å². The molecule has 0 unspecified atom stereocenters. The van der Waals surface area contributed by atoms with Crippen molar-refractivity contribution in [2.45, 2.75) is 11.8 Å². The number of imide groups is 1. The highest BCUT2D eigenvalue weighted by Gasteiger charge is 2.61. The molecule has 6 heteroatoms. The smallest absolute Gasteiger partial charge is 0.254 e. The van der Waals surface area contributed by atoms with Gasteiger partial charge in [-0.3, -0.25) is 9.59 Å². The number of carbonyl (C=O) groups is 2. The highest BCUT2D eigenvalue weighted by atomic mass is 16.3. The molecule has 2 atom stereocenters. The topological polar surface area (TPSA) is 90.2 Å². The number of hydrogen-bond acceptors (Lipinski definition) is 5. The Balaban J connectivity index is 1.45. The summed E-state index contributed by atoms with van der Waals surface area (Å²) in [5.41, 5.74) is 4.74. The minimum absolute atomic E-state index is 0.0823. The van der Waals surface area contributed by atoms with Crippen LogP contribution >= 0.6 is 0 Å². The van der Waals surface area contributed by atoms with E-state index in [0.717, 1.165) is 27.3 Å². The van der Waals surface area contributed by atoms with Crippen molar-refractivity contribution in [3.8, 4) is 11.5 Å². The molecule has 4 aliphatic rings. The zero-order chi connectivity index (χ0) is 21.3. The maximum Gasteiger partial charge on any atom is 0.254 e. The average molecular weight is 410 g/mol. The van der Waals surface area contributed by atoms with Crippen molar-refractivity contribution in [1.82, 2.24) is 5.01 Å². The molecule has 3 aliphatic carbocycles. The quantitative estimate of drug-likeness (QED) is 0.501. The van der Waals surface area contributed by atoms with Gasteiger partial charge < -0.3 is 10.2 Å². The van der Waals surface area contributed by atoms with Crippen molar-refractivity contribution in [2.75, 3.05) is 0 Å². The fourth-order valence-electron chi connectivity index (χ4n) is 5.54. The van der Waals surface area contributed by atoms with Gasteiger partial charge in [-0.05, 0) is 34.4 Å². The predicted octanol–water partition coefficient (Wildman–Crippen LogP) is 3.32. The van der Waals surface area contributed by atoms with Gasteiger partial charge >= 0.3 is 0 Å². The van der Waals surface area contributed by atoms with Gasteiger partial charge in [0.2, 0.25) is 0 Å². The molecule has 31 heavy (non-hydrogen) atoms. The van der Waals surface area contributed by atoms with Crippen LogP contribution < -0.4 is 0 Å². The number of rotatable bonds is 2. The molecular weight excluding hydrogens is 392 g/mol. The molecule has 152 valence electrons. The van der Waals surface area contributed by atoms with Crippen LogP contribution in [-0.4, -0.2) is 33.3 Å². The second-order valence-corrected chi connectivity index (χ2v) is 8.24. The van der Waals surface area contributed by atoms with E-state index < -0.39 is 11.8 Å². The number of hydrogen-bond donors (Lipinski definition) is 2. The van der Waals surface area contributed by atoms with Gasteiger partial charge in [-0.25, -0.2) is 0 Å². The van der Waals surface area contributed by atoms with Crippen LogP contribution in [0.15, 0.2) is 71.8 Å². The van der Waals surface area contributed by atoms with Crippen molar-refractivity contribution in [3.05, 3.63) is 94.5 Å². The van der Waals surface area contributed by atoms with E-state index in [4.69, 9.17) is 0 Å². The summed E-state index contributed by atoms with van der Waals surface area (Å²) in [4.78, 5) is 26.8. The minimum atomic E-state index is -0.493. The van der Waals surface area contributed by atoms with Crippen molar-refractivity contribution in [2.24, 2.45) is 16.9 Å². The molecule has 2 bridgehead atoms. The molecular formula is C25H18N2O4. The molecule has 2 N–H and O–H groups in total. The maximum atomic E-state index is 13.4. The minimum Gasteiger partial charge on any atom is -0.508 e. The molecule has 1 saturated heterocycles. The van der Waals surface area contributed by atoms with E-state index in [1.54, 1.807) is 0 Å². The van der Waals surface area contributed by atoms with Crippen LogP contribution in [0, 0.1) is 11.8 Å². The lowest BCUT2D eigenvalue weighted by Gasteiger charge is -2.45. The number of phenolic OH excluding ortho intramolecular Hbond substituents is 2. The lowest BCUT2D eigenvalue weighted by Crippen LogP contribution is -2.41. The Hall–Kier alpha value is -3.93. The monoisotopic (exact) mass is 410 g/mol. The second-order valence-electron chi connectivity index (χ2n) is 8.24. The first-order valence-corrected chi connectivity index (χ1v) is 10.2. The zero-order valence-corrected chi connectivity index (χ0v) is 16.3. The molecule has 0 aromatic heterocycles. The number of phenols is 2. The Morgan fingerprint density at radius 3 is 1.68 bits per heavy atom. The third-order valence-corrected chi connectivity index (χ3v) is 6.75. The van der Waals surface area contributed by atoms with Crippen molar-refractivity contribution in [3.63, 3.8) is 0 Å². The molecule has 0 spiro atoms. The molecule has 2 amide bonds. The number of nitrogens with zero attached hydrogens (tertiary/aromatic N) is 2. The van der Waals surface area contributed by atoms with Gasteiger partial charge in [-0.1, -0.05) is 48.5 Å². The number of benzene rings is 3. The van der Waals surface area contributed by atoms with Crippen LogP contribution in [0.4, 0.5) is 0 Å². The van der Waals surface area contributed by atoms with Gasteiger partial charge in [0.25, 0.3) is 11.8 Å². The summed E-state index contributed by atoms with van der Waals surface area (Å²) in [6.07, 6.45) is 1.28. The maximum absolute atomic E-state index is 13.4. The lowest BCUT2D eigenvalue weighted by molar-refractivity contribution is -0.139. The second kappa shape index (κ2) is 6.28. The molecule has 1 heterocycles. The van der Waals surface area contributed by atoms with E-state index in [0.29, 0.717) is 5.56 Å². The van der Waals surface area contributed by atoms with Crippen LogP contribution in [0.5, 0.6) is 11.5 Å². The van der Waals surface area contributed by atoms with Crippen molar-refractivity contribution < 1.29 is 19.8 Å². The number of aromatic hydroxyl groups is 2. The molecule has 0 radical (unpaired) electrons. The Kier molecular flexibility index (Phi) is 3.63. The summed E-state index contributed by atoms with van der Waals surface area (Å²) in [5.74, 6) is -2.24.